The molecule has 3 heteroatoms. The molecule has 0 saturated carbocycles. The Morgan fingerprint density at radius 1 is 1.13 bits per heavy atom. The van der Waals surface area contributed by atoms with E-state index in [1.54, 1.807) is 7.11 Å². The van der Waals surface area contributed by atoms with Gasteiger partial charge in [0.15, 0.2) is 0 Å². The minimum absolute atomic E-state index is 0.937. The van der Waals surface area contributed by atoms with Crippen LogP contribution >= 0.6 is 0 Å². The smallest absolute Gasteiger partial charge is 0.120 e. The maximum absolute atomic E-state index is 5.23. The zero-order valence-electron chi connectivity index (χ0n) is 9.44. The van der Waals surface area contributed by atoms with Crippen LogP contribution in [0.15, 0.2) is 24.3 Å². The van der Waals surface area contributed by atoms with Crippen LogP contribution in [0.4, 0.5) is 5.69 Å². The van der Waals surface area contributed by atoms with E-state index < -0.39 is 0 Å². The molecule has 1 saturated heterocycles. The summed E-state index contributed by atoms with van der Waals surface area (Å²) in [4.78, 5) is 4.76. The van der Waals surface area contributed by atoms with E-state index in [2.05, 4.69) is 29.0 Å². The number of anilines is 1. The molecule has 0 N–H and O–H groups in total. The quantitative estimate of drug-likeness (QED) is 0.728. The van der Waals surface area contributed by atoms with Crippen molar-refractivity contribution >= 4 is 5.69 Å². The Hall–Kier alpha value is -1.22. The van der Waals surface area contributed by atoms with Gasteiger partial charge in [-0.15, -0.1) is 0 Å². The van der Waals surface area contributed by atoms with Gasteiger partial charge >= 0.3 is 0 Å². The van der Waals surface area contributed by atoms with E-state index in [1.807, 2.05) is 12.1 Å². The van der Waals surface area contributed by atoms with Gasteiger partial charge in [-0.05, 0) is 19.2 Å². The molecule has 1 aromatic rings. The van der Waals surface area contributed by atoms with E-state index in [0.717, 1.165) is 31.9 Å². The number of likely N-dealkylation sites (N-methyl/N-ethyl adjacent to an activating group) is 1. The van der Waals surface area contributed by atoms with Gasteiger partial charge in [0, 0.05) is 37.9 Å². The Morgan fingerprint density at radius 2 is 1.87 bits per heavy atom. The van der Waals surface area contributed by atoms with Gasteiger partial charge in [-0.1, -0.05) is 6.07 Å². The molecular formula is C12H18N2O. The fourth-order valence-corrected chi connectivity index (χ4v) is 1.87. The van der Waals surface area contributed by atoms with E-state index in [4.69, 9.17) is 4.74 Å². The predicted molar refractivity (Wildman–Crippen MR) is 62.7 cm³/mol. The molecule has 0 aromatic heterocycles. The minimum atomic E-state index is 0.937. The molecule has 1 aromatic carbocycles. The van der Waals surface area contributed by atoms with Crippen LogP contribution in [0.1, 0.15) is 0 Å². The summed E-state index contributed by atoms with van der Waals surface area (Å²) in [5.74, 6) is 0.937. The molecule has 0 atom stereocenters. The second-order valence-electron chi connectivity index (χ2n) is 3.99. The van der Waals surface area contributed by atoms with Gasteiger partial charge < -0.3 is 14.5 Å². The summed E-state index contributed by atoms with van der Waals surface area (Å²) in [5, 5.41) is 0. The highest BCUT2D eigenvalue weighted by molar-refractivity contribution is 5.51. The van der Waals surface area contributed by atoms with Gasteiger partial charge in [0.2, 0.25) is 0 Å². The van der Waals surface area contributed by atoms with E-state index in [-0.39, 0.29) is 0 Å². The van der Waals surface area contributed by atoms with Crippen molar-refractivity contribution in [2.24, 2.45) is 0 Å². The number of nitrogens with zero attached hydrogens (tertiary/aromatic N) is 2. The molecule has 0 spiro atoms. The number of benzene rings is 1. The number of piperazine rings is 1. The van der Waals surface area contributed by atoms with Gasteiger partial charge in [-0.25, -0.2) is 0 Å². The van der Waals surface area contributed by atoms with Crippen molar-refractivity contribution in [3.05, 3.63) is 24.3 Å². The summed E-state index contributed by atoms with van der Waals surface area (Å²) in [5.41, 5.74) is 1.27. The highest BCUT2D eigenvalue weighted by Crippen LogP contribution is 2.21. The summed E-state index contributed by atoms with van der Waals surface area (Å²) < 4.78 is 5.23. The maximum Gasteiger partial charge on any atom is 0.120 e. The topological polar surface area (TPSA) is 15.7 Å². The van der Waals surface area contributed by atoms with Crippen molar-refractivity contribution in [3.63, 3.8) is 0 Å². The SMILES string of the molecule is COc1cccc(N2CCN(C)CC2)c1. The molecule has 15 heavy (non-hydrogen) atoms. The molecule has 0 aliphatic carbocycles. The first-order valence-corrected chi connectivity index (χ1v) is 5.37. The molecule has 0 bridgehead atoms. The zero-order valence-corrected chi connectivity index (χ0v) is 9.44. The Balaban J connectivity index is 2.08. The van der Waals surface area contributed by atoms with Gasteiger partial charge in [-0.2, -0.15) is 0 Å². The molecule has 1 heterocycles. The number of ether oxygens (including phenoxy) is 1. The van der Waals surface area contributed by atoms with Gasteiger partial charge in [0.25, 0.3) is 0 Å². The van der Waals surface area contributed by atoms with Crippen molar-refractivity contribution in [1.29, 1.82) is 0 Å². The second kappa shape index (κ2) is 4.53. The average molecular weight is 206 g/mol. The third-order valence-electron chi connectivity index (χ3n) is 2.92. The molecule has 2 rings (SSSR count). The number of hydrogen-bond donors (Lipinski definition) is 0. The molecule has 1 aliphatic heterocycles. The van der Waals surface area contributed by atoms with E-state index in [9.17, 15) is 0 Å². The number of methoxy groups -OCH3 is 1. The highest BCUT2D eigenvalue weighted by Gasteiger charge is 2.14. The summed E-state index contributed by atoms with van der Waals surface area (Å²) in [6.45, 7) is 4.47. The van der Waals surface area contributed by atoms with E-state index >= 15 is 0 Å². The largest absolute Gasteiger partial charge is 0.497 e. The third-order valence-corrected chi connectivity index (χ3v) is 2.92. The molecule has 0 amide bonds. The summed E-state index contributed by atoms with van der Waals surface area (Å²) in [6.07, 6.45) is 0. The highest BCUT2D eigenvalue weighted by atomic mass is 16.5. The normalized spacial score (nSPS) is 17.9. The van der Waals surface area contributed by atoms with Crippen LogP contribution in [0.25, 0.3) is 0 Å². The van der Waals surface area contributed by atoms with Crippen molar-refractivity contribution in [2.75, 3.05) is 45.2 Å². The predicted octanol–water partition coefficient (Wildman–Crippen LogP) is 1.45. The van der Waals surface area contributed by atoms with Crippen LogP contribution in [-0.4, -0.2) is 45.2 Å². The third kappa shape index (κ3) is 2.42. The Morgan fingerprint density at radius 3 is 2.53 bits per heavy atom. The Labute approximate surface area is 91.2 Å². The van der Waals surface area contributed by atoms with Crippen molar-refractivity contribution in [2.45, 2.75) is 0 Å². The fourth-order valence-electron chi connectivity index (χ4n) is 1.87. The van der Waals surface area contributed by atoms with Crippen LogP contribution in [0.3, 0.4) is 0 Å². The molecule has 1 fully saturated rings. The van der Waals surface area contributed by atoms with Crippen molar-refractivity contribution < 1.29 is 4.74 Å². The van der Waals surface area contributed by atoms with Gasteiger partial charge in [0.1, 0.15) is 5.75 Å². The fraction of sp³-hybridized carbons (Fsp3) is 0.500. The van der Waals surface area contributed by atoms with Crippen LogP contribution in [-0.2, 0) is 0 Å². The van der Waals surface area contributed by atoms with E-state index in [0.29, 0.717) is 0 Å². The lowest BCUT2D eigenvalue weighted by atomic mass is 10.2. The first-order valence-electron chi connectivity index (χ1n) is 5.37. The Bertz CT molecular complexity index is 319. The van der Waals surface area contributed by atoms with Crippen LogP contribution in [0.2, 0.25) is 0 Å². The first-order chi connectivity index (χ1) is 7.29. The Kier molecular flexibility index (Phi) is 3.11. The molecule has 0 radical (unpaired) electrons. The molecule has 0 unspecified atom stereocenters. The summed E-state index contributed by atoms with van der Waals surface area (Å²) in [7, 11) is 3.88. The monoisotopic (exact) mass is 206 g/mol. The van der Waals surface area contributed by atoms with Crippen LogP contribution < -0.4 is 9.64 Å². The summed E-state index contributed by atoms with van der Waals surface area (Å²) in [6, 6.07) is 8.28. The number of hydrogen-bond acceptors (Lipinski definition) is 3. The minimum Gasteiger partial charge on any atom is -0.497 e. The van der Waals surface area contributed by atoms with Crippen LogP contribution in [0.5, 0.6) is 5.75 Å². The number of rotatable bonds is 2. The molecular weight excluding hydrogens is 188 g/mol. The van der Waals surface area contributed by atoms with Gasteiger partial charge in [0.05, 0.1) is 7.11 Å². The molecule has 3 nitrogen and oxygen atoms in total. The summed E-state index contributed by atoms with van der Waals surface area (Å²) >= 11 is 0. The lowest BCUT2D eigenvalue weighted by Crippen LogP contribution is -2.44. The van der Waals surface area contributed by atoms with E-state index in [1.165, 1.54) is 5.69 Å². The molecule has 1 aliphatic rings. The lowest BCUT2D eigenvalue weighted by molar-refractivity contribution is 0.312. The lowest BCUT2D eigenvalue weighted by Gasteiger charge is -2.34. The van der Waals surface area contributed by atoms with Crippen molar-refractivity contribution in [3.8, 4) is 5.75 Å². The average Bonchev–Trinajstić information content (AvgIpc) is 2.30. The van der Waals surface area contributed by atoms with Crippen LogP contribution in [0, 0.1) is 0 Å². The maximum atomic E-state index is 5.23. The first kappa shape index (κ1) is 10.3. The zero-order chi connectivity index (χ0) is 10.7. The standard InChI is InChI=1S/C12H18N2O/c1-13-6-8-14(9-7-13)11-4-3-5-12(10-11)15-2/h3-5,10H,6-9H2,1-2H3. The second-order valence-corrected chi connectivity index (χ2v) is 3.99. The van der Waals surface area contributed by atoms with Gasteiger partial charge in [-0.3, -0.25) is 0 Å². The molecule has 82 valence electrons. The van der Waals surface area contributed by atoms with Crippen molar-refractivity contribution in [1.82, 2.24) is 4.90 Å².